The van der Waals surface area contributed by atoms with Gasteiger partial charge >= 0.3 is 5.97 Å². The molecule has 0 saturated heterocycles. The van der Waals surface area contributed by atoms with Crippen molar-refractivity contribution >= 4 is 17.8 Å². The van der Waals surface area contributed by atoms with Gasteiger partial charge in [0.1, 0.15) is 12.6 Å². The third kappa shape index (κ3) is 8.51. The average molecular weight is 432 g/mol. The minimum absolute atomic E-state index is 0.0228. The molecule has 1 aliphatic heterocycles. The lowest BCUT2D eigenvalue weighted by molar-refractivity contribution is -0.146. The Balaban J connectivity index is 2.08. The summed E-state index contributed by atoms with van der Waals surface area (Å²) in [5.74, 6) is -1.51. The van der Waals surface area contributed by atoms with Crippen LogP contribution in [0.3, 0.4) is 0 Å². The molecule has 0 fully saturated rings. The van der Waals surface area contributed by atoms with E-state index in [9.17, 15) is 19.5 Å². The third-order valence-electron chi connectivity index (χ3n) is 5.13. The zero-order valence-corrected chi connectivity index (χ0v) is 18.0. The SMILES string of the molecule is C[C@H]1COC(=O)[C@@H](N)CCC=CC[C@H](CC(=O)N(CCO)Cc2ccccc2)C(=O)N1. The number of hydrogen-bond donors (Lipinski definition) is 3. The van der Waals surface area contributed by atoms with E-state index in [1.165, 1.54) is 0 Å². The third-order valence-corrected chi connectivity index (χ3v) is 5.13. The first-order valence-electron chi connectivity index (χ1n) is 10.7. The lowest BCUT2D eigenvalue weighted by atomic mass is 9.98. The van der Waals surface area contributed by atoms with Gasteiger partial charge in [0.15, 0.2) is 0 Å². The van der Waals surface area contributed by atoms with Crippen molar-refractivity contribution in [3.05, 3.63) is 48.0 Å². The monoisotopic (exact) mass is 431 g/mol. The van der Waals surface area contributed by atoms with Crippen LogP contribution in [0.25, 0.3) is 0 Å². The summed E-state index contributed by atoms with van der Waals surface area (Å²) in [4.78, 5) is 39.2. The molecule has 2 amide bonds. The highest BCUT2D eigenvalue weighted by Crippen LogP contribution is 2.16. The van der Waals surface area contributed by atoms with E-state index in [2.05, 4.69) is 5.32 Å². The van der Waals surface area contributed by atoms with Crippen molar-refractivity contribution in [3.8, 4) is 0 Å². The number of allylic oxidation sites excluding steroid dienone is 2. The Kier molecular flexibility index (Phi) is 10.2. The van der Waals surface area contributed by atoms with Crippen LogP contribution in [0.5, 0.6) is 0 Å². The maximum absolute atomic E-state index is 13.0. The normalized spacial score (nSPS) is 23.0. The topological polar surface area (TPSA) is 122 Å². The highest BCUT2D eigenvalue weighted by molar-refractivity contribution is 5.86. The van der Waals surface area contributed by atoms with Crippen molar-refractivity contribution in [1.82, 2.24) is 10.2 Å². The number of amides is 2. The standard InChI is InChI=1S/C23H33N3O5/c1-17-16-31-23(30)20(24)11-7-3-6-10-19(22(29)25-17)14-21(28)26(12-13-27)15-18-8-4-2-5-9-18/h2-6,8-9,17,19-20,27H,7,10-16,24H2,1H3,(H,25,29)/t17-,19+,20-/m0/s1. The fourth-order valence-corrected chi connectivity index (χ4v) is 3.33. The molecule has 31 heavy (non-hydrogen) atoms. The summed E-state index contributed by atoms with van der Waals surface area (Å²) in [6.45, 7) is 2.17. The van der Waals surface area contributed by atoms with Gasteiger partial charge in [0, 0.05) is 19.5 Å². The second-order valence-corrected chi connectivity index (χ2v) is 7.86. The van der Waals surface area contributed by atoms with Crippen molar-refractivity contribution in [3.63, 3.8) is 0 Å². The second-order valence-electron chi connectivity index (χ2n) is 7.86. The van der Waals surface area contributed by atoms with E-state index in [1.54, 1.807) is 11.8 Å². The van der Waals surface area contributed by atoms with Crippen molar-refractivity contribution in [1.29, 1.82) is 0 Å². The smallest absolute Gasteiger partial charge is 0.322 e. The lowest BCUT2D eigenvalue weighted by Crippen LogP contribution is -2.43. The number of nitrogens with zero attached hydrogens (tertiary/aromatic N) is 1. The molecular weight excluding hydrogens is 398 g/mol. The van der Waals surface area contributed by atoms with E-state index in [4.69, 9.17) is 10.5 Å². The maximum atomic E-state index is 13.0. The maximum Gasteiger partial charge on any atom is 0.322 e. The number of rotatable bonds is 6. The number of cyclic esters (lactones) is 1. The molecule has 2 rings (SSSR count). The molecule has 0 aliphatic carbocycles. The van der Waals surface area contributed by atoms with E-state index in [-0.39, 0.29) is 38.0 Å². The first-order valence-corrected chi connectivity index (χ1v) is 10.7. The summed E-state index contributed by atoms with van der Waals surface area (Å²) < 4.78 is 5.18. The molecule has 4 N–H and O–H groups in total. The number of benzene rings is 1. The number of ether oxygens (including phenoxy) is 1. The number of carbonyl (C=O) groups excluding carboxylic acids is 3. The van der Waals surface area contributed by atoms with Gasteiger partial charge in [0.2, 0.25) is 11.8 Å². The van der Waals surface area contributed by atoms with Crippen molar-refractivity contribution in [2.24, 2.45) is 11.7 Å². The Morgan fingerprint density at radius 1 is 1.26 bits per heavy atom. The van der Waals surface area contributed by atoms with E-state index in [0.29, 0.717) is 25.8 Å². The van der Waals surface area contributed by atoms with Crippen LogP contribution in [0, 0.1) is 5.92 Å². The summed E-state index contributed by atoms with van der Waals surface area (Å²) in [7, 11) is 0. The van der Waals surface area contributed by atoms with Gasteiger partial charge in [-0.25, -0.2) is 0 Å². The molecule has 0 bridgehead atoms. The molecule has 0 unspecified atom stereocenters. The molecular formula is C23H33N3O5. The van der Waals surface area contributed by atoms with Crippen molar-refractivity contribution < 1.29 is 24.2 Å². The first-order chi connectivity index (χ1) is 14.9. The van der Waals surface area contributed by atoms with Gasteiger partial charge in [-0.05, 0) is 31.7 Å². The average Bonchev–Trinajstić information content (AvgIpc) is 2.76. The Labute approximate surface area is 183 Å². The van der Waals surface area contributed by atoms with Gasteiger partial charge in [-0.3, -0.25) is 14.4 Å². The van der Waals surface area contributed by atoms with Crippen LogP contribution in [0.4, 0.5) is 0 Å². The van der Waals surface area contributed by atoms with Crippen LogP contribution < -0.4 is 11.1 Å². The van der Waals surface area contributed by atoms with E-state index < -0.39 is 24.0 Å². The molecule has 0 aromatic heterocycles. The van der Waals surface area contributed by atoms with Crippen molar-refractivity contribution in [2.45, 2.75) is 51.2 Å². The number of nitrogens with two attached hydrogens (primary N) is 1. The lowest BCUT2D eigenvalue weighted by Gasteiger charge is -2.25. The van der Waals surface area contributed by atoms with Gasteiger partial charge < -0.3 is 25.8 Å². The number of aliphatic hydroxyl groups excluding tert-OH is 1. The summed E-state index contributed by atoms with van der Waals surface area (Å²) in [5, 5.41) is 12.2. The molecule has 1 heterocycles. The van der Waals surface area contributed by atoms with E-state index in [1.807, 2.05) is 42.5 Å². The Bertz CT molecular complexity index is 753. The highest BCUT2D eigenvalue weighted by Gasteiger charge is 2.26. The summed E-state index contributed by atoms with van der Waals surface area (Å²) in [6, 6.07) is 8.42. The largest absolute Gasteiger partial charge is 0.462 e. The molecule has 0 radical (unpaired) electrons. The van der Waals surface area contributed by atoms with E-state index in [0.717, 1.165) is 5.56 Å². The molecule has 170 valence electrons. The molecule has 1 aromatic carbocycles. The molecule has 8 nitrogen and oxygen atoms in total. The van der Waals surface area contributed by atoms with Crippen LogP contribution in [-0.2, 0) is 25.7 Å². The number of aliphatic hydroxyl groups is 1. The molecule has 3 atom stereocenters. The van der Waals surface area contributed by atoms with Gasteiger partial charge in [-0.15, -0.1) is 0 Å². The number of esters is 1. The number of nitrogens with one attached hydrogen (secondary N) is 1. The number of carbonyl (C=O) groups is 3. The Hall–Kier alpha value is -2.71. The minimum atomic E-state index is -0.698. The molecule has 1 aliphatic rings. The zero-order chi connectivity index (χ0) is 22.6. The van der Waals surface area contributed by atoms with Crippen LogP contribution >= 0.6 is 0 Å². The van der Waals surface area contributed by atoms with Gasteiger partial charge in [-0.1, -0.05) is 42.5 Å². The molecule has 0 saturated carbocycles. The zero-order valence-electron chi connectivity index (χ0n) is 18.0. The molecule has 8 heteroatoms. The second kappa shape index (κ2) is 12.9. The van der Waals surface area contributed by atoms with E-state index >= 15 is 0 Å². The van der Waals surface area contributed by atoms with Crippen molar-refractivity contribution in [2.75, 3.05) is 19.8 Å². The fourth-order valence-electron chi connectivity index (χ4n) is 3.33. The Morgan fingerprint density at radius 2 is 2.00 bits per heavy atom. The van der Waals surface area contributed by atoms with Crippen LogP contribution in [-0.4, -0.2) is 59.6 Å². The van der Waals surface area contributed by atoms with Crippen LogP contribution in [0.1, 0.15) is 38.2 Å². The molecule has 1 aromatic rings. The number of hydrogen-bond acceptors (Lipinski definition) is 6. The summed E-state index contributed by atoms with van der Waals surface area (Å²) >= 11 is 0. The predicted molar refractivity (Wildman–Crippen MR) is 117 cm³/mol. The molecule has 0 spiro atoms. The van der Waals surface area contributed by atoms with Gasteiger partial charge in [0.05, 0.1) is 18.6 Å². The van der Waals surface area contributed by atoms with Gasteiger partial charge in [0.25, 0.3) is 0 Å². The Morgan fingerprint density at radius 3 is 2.71 bits per heavy atom. The quantitative estimate of drug-likeness (QED) is 0.458. The summed E-state index contributed by atoms with van der Waals surface area (Å²) in [6.07, 6.45) is 5.18. The fraction of sp³-hybridized carbons (Fsp3) is 0.522. The first kappa shape index (κ1) is 24.6. The minimum Gasteiger partial charge on any atom is -0.462 e. The predicted octanol–water partition coefficient (Wildman–Crippen LogP) is 1.13. The summed E-state index contributed by atoms with van der Waals surface area (Å²) in [5.41, 5.74) is 6.78. The highest BCUT2D eigenvalue weighted by atomic mass is 16.5. The van der Waals surface area contributed by atoms with Crippen LogP contribution in [0.2, 0.25) is 0 Å². The van der Waals surface area contributed by atoms with Crippen LogP contribution in [0.15, 0.2) is 42.5 Å². The van der Waals surface area contributed by atoms with Gasteiger partial charge in [-0.2, -0.15) is 0 Å².